The highest BCUT2D eigenvalue weighted by Gasteiger charge is 2.16. The van der Waals surface area contributed by atoms with Gasteiger partial charge in [0, 0.05) is 0 Å². The predicted molar refractivity (Wildman–Crippen MR) is 55.7 cm³/mol. The van der Waals surface area contributed by atoms with Crippen molar-refractivity contribution in [2.75, 3.05) is 5.73 Å². The molecule has 1 aromatic heterocycles. The minimum Gasteiger partial charge on any atom is -0.396 e. The van der Waals surface area contributed by atoms with Crippen LogP contribution in [0, 0.1) is 5.82 Å². The summed E-state index contributed by atoms with van der Waals surface area (Å²) in [5.41, 5.74) is 5.72. The Morgan fingerprint density at radius 1 is 1.40 bits per heavy atom. The maximum Gasteiger partial charge on any atom is 0.152 e. The minimum absolute atomic E-state index is 0.0190. The van der Waals surface area contributed by atoms with E-state index in [1.807, 2.05) is 0 Å². The maximum atomic E-state index is 13.5. The Labute approximate surface area is 94.4 Å². The first-order valence-corrected chi connectivity index (χ1v) is 4.65. The van der Waals surface area contributed by atoms with Crippen LogP contribution in [0.4, 0.5) is 10.1 Å². The topological polar surface area (TPSA) is 56.7 Å². The lowest BCUT2D eigenvalue weighted by Crippen LogP contribution is -2.02. The third-order valence-corrected chi connectivity index (χ3v) is 2.52. The first kappa shape index (κ1) is 10.2. The summed E-state index contributed by atoms with van der Waals surface area (Å²) in [6.45, 7) is 0. The Hall–Kier alpha value is -1.33. The van der Waals surface area contributed by atoms with E-state index in [-0.39, 0.29) is 21.4 Å². The van der Waals surface area contributed by atoms with E-state index in [4.69, 9.17) is 28.9 Å². The van der Waals surface area contributed by atoms with Crippen molar-refractivity contribution in [2.24, 2.45) is 0 Å². The van der Waals surface area contributed by atoms with Gasteiger partial charge in [-0.25, -0.2) is 14.1 Å². The van der Waals surface area contributed by atoms with Crippen LogP contribution < -0.4 is 5.73 Å². The fourth-order valence-corrected chi connectivity index (χ4v) is 1.65. The van der Waals surface area contributed by atoms with Gasteiger partial charge in [-0.1, -0.05) is 23.2 Å². The maximum absolute atomic E-state index is 13.5. The smallest absolute Gasteiger partial charge is 0.152 e. The molecule has 0 unspecified atom stereocenters. The zero-order valence-electron chi connectivity index (χ0n) is 7.28. The molecule has 0 saturated heterocycles. The van der Waals surface area contributed by atoms with Crippen molar-refractivity contribution in [1.82, 2.24) is 14.8 Å². The predicted octanol–water partition coefficient (Wildman–Crippen LogP) is 2.30. The number of nitrogen functional groups attached to an aromatic ring is 1. The van der Waals surface area contributed by atoms with Gasteiger partial charge in [-0.05, 0) is 6.07 Å². The lowest BCUT2D eigenvalue weighted by molar-refractivity contribution is 0.611. The zero-order chi connectivity index (χ0) is 11.0. The van der Waals surface area contributed by atoms with Crippen molar-refractivity contribution in [3.05, 3.63) is 34.6 Å². The summed E-state index contributed by atoms with van der Waals surface area (Å²) in [4.78, 5) is 3.69. The van der Waals surface area contributed by atoms with E-state index in [0.29, 0.717) is 0 Å². The molecule has 0 amide bonds. The number of anilines is 1. The molecule has 78 valence electrons. The van der Waals surface area contributed by atoms with E-state index in [2.05, 4.69) is 10.1 Å². The van der Waals surface area contributed by atoms with Gasteiger partial charge < -0.3 is 5.73 Å². The van der Waals surface area contributed by atoms with E-state index in [1.165, 1.54) is 17.3 Å². The molecule has 0 saturated carbocycles. The van der Waals surface area contributed by atoms with Gasteiger partial charge in [0.2, 0.25) is 0 Å². The fraction of sp³-hybridized carbons (Fsp3) is 0. The molecule has 0 spiro atoms. The van der Waals surface area contributed by atoms with Crippen LogP contribution in [0.25, 0.3) is 5.69 Å². The lowest BCUT2D eigenvalue weighted by atomic mass is 10.2. The van der Waals surface area contributed by atoms with Crippen LogP contribution in [0.5, 0.6) is 0 Å². The van der Waals surface area contributed by atoms with E-state index in [0.717, 1.165) is 6.07 Å². The second kappa shape index (κ2) is 3.67. The van der Waals surface area contributed by atoms with Crippen LogP contribution >= 0.6 is 23.2 Å². The van der Waals surface area contributed by atoms with Gasteiger partial charge in [0.15, 0.2) is 5.82 Å². The zero-order valence-corrected chi connectivity index (χ0v) is 8.80. The van der Waals surface area contributed by atoms with Crippen LogP contribution in [0.2, 0.25) is 10.0 Å². The van der Waals surface area contributed by atoms with Gasteiger partial charge in [-0.15, -0.1) is 0 Å². The largest absolute Gasteiger partial charge is 0.396 e. The molecule has 0 aliphatic rings. The number of halogens is 3. The molecule has 2 aromatic rings. The molecule has 1 heterocycles. The summed E-state index contributed by atoms with van der Waals surface area (Å²) >= 11 is 11.5. The Morgan fingerprint density at radius 2 is 2.13 bits per heavy atom. The molecule has 0 bridgehead atoms. The Morgan fingerprint density at radius 3 is 2.73 bits per heavy atom. The van der Waals surface area contributed by atoms with Crippen molar-refractivity contribution in [3.63, 3.8) is 0 Å². The molecule has 0 fully saturated rings. The number of nitrogens with zero attached hydrogens (tertiary/aromatic N) is 3. The quantitative estimate of drug-likeness (QED) is 0.786. The Kier molecular flexibility index (Phi) is 2.50. The van der Waals surface area contributed by atoms with Gasteiger partial charge in [0.1, 0.15) is 18.3 Å². The van der Waals surface area contributed by atoms with Crippen molar-refractivity contribution in [2.45, 2.75) is 0 Å². The number of hydrogen-bond donors (Lipinski definition) is 1. The van der Waals surface area contributed by atoms with Gasteiger partial charge in [-0.3, -0.25) is 0 Å². The molecule has 0 aliphatic heterocycles. The highest BCUT2D eigenvalue weighted by molar-refractivity contribution is 6.40. The monoisotopic (exact) mass is 246 g/mol. The van der Waals surface area contributed by atoms with Gasteiger partial charge in [0.25, 0.3) is 0 Å². The van der Waals surface area contributed by atoms with Crippen LogP contribution in [0.3, 0.4) is 0 Å². The lowest BCUT2D eigenvalue weighted by Gasteiger charge is -2.08. The second-order valence-corrected chi connectivity index (χ2v) is 3.54. The van der Waals surface area contributed by atoms with Gasteiger partial charge in [0.05, 0.1) is 15.7 Å². The molecule has 0 aliphatic carbocycles. The summed E-state index contributed by atoms with van der Waals surface area (Å²) in [6, 6.07) is 1.08. The molecule has 0 radical (unpaired) electrons. The normalized spacial score (nSPS) is 10.6. The van der Waals surface area contributed by atoms with Crippen LogP contribution in [0.15, 0.2) is 18.7 Å². The third-order valence-electron chi connectivity index (χ3n) is 1.83. The molecule has 1 aromatic carbocycles. The SMILES string of the molecule is Nc1c(Cl)cc(F)c(-n2cncn2)c1Cl. The second-order valence-electron chi connectivity index (χ2n) is 2.76. The summed E-state index contributed by atoms with van der Waals surface area (Å²) in [5.74, 6) is -0.607. The molecule has 0 atom stereocenters. The molecule has 2 N–H and O–H groups in total. The van der Waals surface area contributed by atoms with Crippen LogP contribution in [-0.4, -0.2) is 14.8 Å². The molecule has 7 heteroatoms. The summed E-state index contributed by atoms with van der Waals surface area (Å²) in [6.07, 6.45) is 2.58. The number of benzene rings is 1. The molecule has 4 nitrogen and oxygen atoms in total. The molecular formula is C8H5Cl2FN4. The number of nitrogens with two attached hydrogens (primary N) is 1. The number of aromatic nitrogens is 3. The van der Waals surface area contributed by atoms with Crippen molar-refractivity contribution < 1.29 is 4.39 Å². The van der Waals surface area contributed by atoms with E-state index in [1.54, 1.807) is 0 Å². The fourth-order valence-electron chi connectivity index (χ4n) is 1.13. The summed E-state index contributed by atoms with van der Waals surface area (Å²) in [7, 11) is 0. The molecular weight excluding hydrogens is 242 g/mol. The highest BCUT2D eigenvalue weighted by atomic mass is 35.5. The highest BCUT2D eigenvalue weighted by Crippen LogP contribution is 2.34. The van der Waals surface area contributed by atoms with Gasteiger partial charge >= 0.3 is 0 Å². The number of hydrogen-bond acceptors (Lipinski definition) is 3. The van der Waals surface area contributed by atoms with Crippen molar-refractivity contribution in [1.29, 1.82) is 0 Å². The molecule has 2 rings (SSSR count). The first-order valence-electron chi connectivity index (χ1n) is 3.89. The van der Waals surface area contributed by atoms with Gasteiger partial charge in [-0.2, -0.15) is 5.10 Å². The number of rotatable bonds is 1. The van der Waals surface area contributed by atoms with E-state index < -0.39 is 5.82 Å². The first-order chi connectivity index (χ1) is 7.11. The third kappa shape index (κ3) is 1.64. The Bertz CT molecular complexity index is 498. The minimum atomic E-state index is -0.607. The summed E-state index contributed by atoms with van der Waals surface area (Å²) in [5, 5.41) is 3.85. The standard InChI is InChI=1S/C8H5Cl2FN4/c9-4-1-5(11)8(6(10)7(4)12)15-3-13-2-14-15/h1-3H,12H2. The van der Waals surface area contributed by atoms with Crippen LogP contribution in [-0.2, 0) is 0 Å². The van der Waals surface area contributed by atoms with E-state index >= 15 is 0 Å². The Balaban J connectivity index is 2.72. The van der Waals surface area contributed by atoms with Crippen molar-refractivity contribution >= 4 is 28.9 Å². The van der Waals surface area contributed by atoms with Crippen molar-refractivity contribution in [3.8, 4) is 5.69 Å². The van der Waals surface area contributed by atoms with E-state index in [9.17, 15) is 4.39 Å². The average Bonchev–Trinajstić information content (AvgIpc) is 2.68. The average molecular weight is 247 g/mol. The summed E-state index contributed by atoms with van der Waals surface area (Å²) < 4.78 is 14.7. The molecule has 15 heavy (non-hydrogen) atoms. The van der Waals surface area contributed by atoms with Crippen LogP contribution in [0.1, 0.15) is 0 Å².